The van der Waals surface area contributed by atoms with Gasteiger partial charge in [-0.3, -0.25) is 0 Å². The van der Waals surface area contributed by atoms with E-state index in [-0.39, 0.29) is 5.82 Å². The lowest BCUT2D eigenvalue weighted by Gasteiger charge is -2.07. The number of benzene rings is 1. The summed E-state index contributed by atoms with van der Waals surface area (Å²) in [6, 6.07) is 4.94. The first-order valence-electron chi connectivity index (χ1n) is 3.80. The van der Waals surface area contributed by atoms with Crippen molar-refractivity contribution in [2.45, 2.75) is 6.92 Å². The molecule has 64 valence electrons. The van der Waals surface area contributed by atoms with Crippen molar-refractivity contribution in [2.24, 2.45) is 5.73 Å². The standard InChI is InChI=1S/C10H12FN/c1-7-4-3-5-9(11)10(7)8(2)6-12/h3-5H,2,6,12H2,1H3. The maximum absolute atomic E-state index is 13.2. The maximum atomic E-state index is 13.2. The van der Waals surface area contributed by atoms with Gasteiger partial charge in [-0.15, -0.1) is 0 Å². The number of hydrogen-bond donors (Lipinski definition) is 1. The normalized spacial score (nSPS) is 9.92. The van der Waals surface area contributed by atoms with Crippen LogP contribution in [0.4, 0.5) is 4.39 Å². The largest absolute Gasteiger partial charge is 0.326 e. The van der Waals surface area contributed by atoms with Gasteiger partial charge in [-0.05, 0) is 24.1 Å². The van der Waals surface area contributed by atoms with Crippen molar-refractivity contribution < 1.29 is 4.39 Å². The third-order valence-corrected chi connectivity index (χ3v) is 1.82. The molecule has 1 aromatic carbocycles. The van der Waals surface area contributed by atoms with E-state index in [1.165, 1.54) is 6.07 Å². The zero-order valence-corrected chi connectivity index (χ0v) is 7.10. The Bertz CT molecular complexity index is 284. The molecule has 0 aliphatic rings. The summed E-state index contributed by atoms with van der Waals surface area (Å²) in [6.45, 7) is 5.84. The first kappa shape index (κ1) is 8.94. The fourth-order valence-electron chi connectivity index (χ4n) is 1.18. The summed E-state index contributed by atoms with van der Waals surface area (Å²) in [4.78, 5) is 0. The summed E-state index contributed by atoms with van der Waals surface area (Å²) in [7, 11) is 0. The minimum absolute atomic E-state index is 0.245. The van der Waals surface area contributed by atoms with Crippen molar-refractivity contribution >= 4 is 5.57 Å². The van der Waals surface area contributed by atoms with Gasteiger partial charge in [0.2, 0.25) is 0 Å². The Kier molecular flexibility index (Phi) is 2.61. The van der Waals surface area contributed by atoms with Crippen LogP contribution in [0, 0.1) is 12.7 Å². The van der Waals surface area contributed by atoms with Gasteiger partial charge in [-0.25, -0.2) is 4.39 Å². The average Bonchev–Trinajstić information content (AvgIpc) is 2.03. The molecule has 0 heterocycles. The molecular weight excluding hydrogens is 153 g/mol. The van der Waals surface area contributed by atoms with Gasteiger partial charge in [0.05, 0.1) is 0 Å². The van der Waals surface area contributed by atoms with Crippen LogP contribution in [0.15, 0.2) is 24.8 Å². The van der Waals surface area contributed by atoms with E-state index in [0.29, 0.717) is 17.7 Å². The van der Waals surface area contributed by atoms with Crippen molar-refractivity contribution in [3.05, 3.63) is 41.7 Å². The molecule has 0 aromatic heterocycles. The summed E-state index contributed by atoms with van der Waals surface area (Å²) in [5.74, 6) is -0.245. The van der Waals surface area contributed by atoms with E-state index in [2.05, 4.69) is 6.58 Å². The van der Waals surface area contributed by atoms with Gasteiger partial charge in [-0.2, -0.15) is 0 Å². The number of aryl methyl sites for hydroxylation is 1. The summed E-state index contributed by atoms with van der Waals surface area (Å²) in [5.41, 5.74) is 7.46. The molecule has 1 nitrogen and oxygen atoms in total. The van der Waals surface area contributed by atoms with E-state index < -0.39 is 0 Å². The second kappa shape index (κ2) is 3.50. The molecule has 0 fully saturated rings. The van der Waals surface area contributed by atoms with E-state index in [1.54, 1.807) is 6.07 Å². The second-order valence-electron chi connectivity index (χ2n) is 2.74. The van der Waals surface area contributed by atoms with Gasteiger partial charge in [0, 0.05) is 12.1 Å². The first-order valence-corrected chi connectivity index (χ1v) is 3.80. The molecule has 0 spiro atoms. The van der Waals surface area contributed by atoms with Crippen LogP contribution in [-0.2, 0) is 0 Å². The minimum atomic E-state index is -0.245. The first-order chi connectivity index (χ1) is 5.66. The Morgan fingerprint density at radius 1 is 1.58 bits per heavy atom. The molecule has 0 saturated carbocycles. The fourth-order valence-corrected chi connectivity index (χ4v) is 1.18. The molecule has 0 amide bonds. The zero-order valence-electron chi connectivity index (χ0n) is 7.10. The van der Waals surface area contributed by atoms with Crippen LogP contribution in [0.1, 0.15) is 11.1 Å². The average molecular weight is 165 g/mol. The van der Waals surface area contributed by atoms with E-state index in [0.717, 1.165) is 5.56 Å². The predicted molar refractivity (Wildman–Crippen MR) is 49.2 cm³/mol. The topological polar surface area (TPSA) is 26.0 Å². The van der Waals surface area contributed by atoms with E-state index in [9.17, 15) is 4.39 Å². The van der Waals surface area contributed by atoms with Gasteiger partial charge in [0.25, 0.3) is 0 Å². The molecule has 12 heavy (non-hydrogen) atoms. The van der Waals surface area contributed by atoms with Crippen molar-refractivity contribution in [1.82, 2.24) is 0 Å². The van der Waals surface area contributed by atoms with Crippen LogP contribution in [0.5, 0.6) is 0 Å². The molecule has 2 heteroatoms. The lowest BCUT2D eigenvalue weighted by atomic mass is 10.0. The Hall–Kier alpha value is -1.15. The van der Waals surface area contributed by atoms with Crippen molar-refractivity contribution in [3.63, 3.8) is 0 Å². The highest BCUT2D eigenvalue weighted by Gasteiger charge is 2.06. The molecule has 2 N–H and O–H groups in total. The monoisotopic (exact) mass is 165 g/mol. The molecule has 0 radical (unpaired) electrons. The molecular formula is C10H12FN. The third kappa shape index (κ3) is 1.53. The molecule has 0 saturated heterocycles. The van der Waals surface area contributed by atoms with Crippen LogP contribution < -0.4 is 5.73 Å². The van der Waals surface area contributed by atoms with E-state index in [4.69, 9.17) is 5.73 Å². The lowest BCUT2D eigenvalue weighted by Crippen LogP contribution is -2.04. The van der Waals surface area contributed by atoms with Crippen molar-refractivity contribution in [1.29, 1.82) is 0 Å². The Labute approximate surface area is 71.7 Å². The van der Waals surface area contributed by atoms with Crippen molar-refractivity contribution in [3.8, 4) is 0 Å². The van der Waals surface area contributed by atoms with Gasteiger partial charge in [-0.1, -0.05) is 18.7 Å². The van der Waals surface area contributed by atoms with Crippen LogP contribution in [-0.4, -0.2) is 6.54 Å². The van der Waals surface area contributed by atoms with E-state index in [1.807, 2.05) is 13.0 Å². The minimum Gasteiger partial charge on any atom is -0.326 e. The Balaban J connectivity index is 3.21. The highest BCUT2D eigenvalue weighted by atomic mass is 19.1. The molecule has 0 atom stereocenters. The Morgan fingerprint density at radius 3 is 2.75 bits per heavy atom. The molecule has 0 aliphatic heterocycles. The van der Waals surface area contributed by atoms with Crippen LogP contribution in [0.25, 0.3) is 5.57 Å². The molecule has 0 unspecified atom stereocenters. The summed E-state index contributed by atoms with van der Waals surface area (Å²) in [5, 5.41) is 0. The number of nitrogens with two attached hydrogens (primary N) is 1. The molecule has 1 aromatic rings. The summed E-state index contributed by atoms with van der Waals surface area (Å²) >= 11 is 0. The lowest BCUT2D eigenvalue weighted by molar-refractivity contribution is 0.622. The quantitative estimate of drug-likeness (QED) is 0.713. The SMILES string of the molecule is C=C(CN)c1c(C)cccc1F. The van der Waals surface area contributed by atoms with Gasteiger partial charge < -0.3 is 5.73 Å². The predicted octanol–water partition coefficient (Wildman–Crippen LogP) is 2.11. The van der Waals surface area contributed by atoms with Crippen LogP contribution in [0.2, 0.25) is 0 Å². The highest BCUT2D eigenvalue weighted by molar-refractivity contribution is 5.67. The van der Waals surface area contributed by atoms with Crippen LogP contribution in [0.3, 0.4) is 0 Å². The van der Waals surface area contributed by atoms with Crippen LogP contribution >= 0.6 is 0 Å². The van der Waals surface area contributed by atoms with Gasteiger partial charge in [0.15, 0.2) is 0 Å². The van der Waals surface area contributed by atoms with Crippen molar-refractivity contribution in [2.75, 3.05) is 6.54 Å². The van der Waals surface area contributed by atoms with Gasteiger partial charge >= 0.3 is 0 Å². The highest BCUT2D eigenvalue weighted by Crippen LogP contribution is 2.19. The fraction of sp³-hybridized carbons (Fsp3) is 0.200. The van der Waals surface area contributed by atoms with Gasteiger partial charge in [0.1, 0.15) is 5.82 Å². The van der Waals surface area contributed by atoms with E-state index >= 15 is 0 Å². The molecule has 0 bridgehead atoms. The maximum Gasteiger partial charge on any atom is 0.130 e. The summed E-state index contributed by atoms with van der Waals surface area (Å²) < 4.78 is 13.2. The zero-order chi connectivity index (χ0) is 9.14. The number of hydrogen-bond acceptors (Lipinski definition) is 1. The molecule has 1 rings (SSSR count). The number of halogens is 1. The third-order valence-electron chi connectivity index (χ3n) is 1.82. The summed E-state index contributed by atoms with van der Waals surface area (Å²) in [6.07, 6.45) is 0. The smallest absolute Gasteiger partial charge is 0.130 e. The second-order valence-corrected chi connectivity index (χ2v) is 2.74. The Morgan fingerprint density at radius 2 is 2.25 bits per heavy atom. The molecule has 0 aliphatic carbocycles. The number of rotatable bonds is 2.